The lowest BCUT2D eigenvalue weighted by atomic mass is 10.1. The van der Waals surface area contributed by atoms with E-state index in [0.717, 1.165) is 30.5 Å². The molecule has 7 heteroatoms. The second-order valence-corrected chi connectivity index (χ2v) is 6.34. The molecule has 2 saturated heterocycles. The predicted molar refractivity (Wildman–Crippen MR) is 92.4 cm³/mol. The molecule has 4 N–H and O–H groups in total. The van der Waals surface area contributed by atoms with Gasteiger partial charge in [-0.1, -0.05) is 35.9 Å². The molecule has 2 atom stereocenters. The molecule has 2 aliphatic rings. The normalized spacial score (nSPS) is 24.5. The van der Waals surface area contributed by atoms with Crippen LogP contribution in [0.2, 0.25) is 0 Å². The molecule has 0 bridgehead atoms. The summed E-state index contributed by atoms with van der Waals surface area (Å²) in [4.78, 5) is 23.8. The number of alkyl halides is 1. The van der Waals surface area contributed by atoms with Gasteiger partial charge < -0.3 is 16.4 Å². The summed E-state index contributed by atoms with van der Waals surface area (Å²) in [5.74, 6) is -0.0597. The molecule has 0 spiro atoms. The van der Waals surface area contributed by atoms with Crippen molar-refractivity contribution in [1.82, 2.24) is 15.5 Å². The minimum atomic E-state index is -0.167. The standard InChI is InChI=1S/C9H18N2O.C5H9IN2O/c1-2-8(9(10)12)11-6-4-3-5-7-11;6-1-4-2-8-5(9)3-7-4/h8H,2-7H2,1H3,(H2,10,12);4,7H,1-3H2,(H,8,9). The number of carbonyl (C=O) groups is 2. The molecule has 2 unspecified atom stereocenters. The van der Waals surface area contributed by atoms with Gasteiger partial charge in [-0.2, -0.15) is 0 Å². The Balaban J connectivity index is 0.000000219. The van der Waals surface area contributed by atoms with Gasteiger partial charge in [0.1, 0.15) is 0 Å². The first-order chi connectivity index (χ1) is 10.1. The Kier molecular flexibility index (Phi) is 9.18. The maximum Gasteiger partial charge on any atom is 0.234 e. The van der Waals surface area contributed by atoms with Gasteiger partial charge in [-0.15, -0.1) is 0 Å². The number of nitrogens with zero attached hydrogens (tertiary/aromatic N) is 1. The van der Waals surface area contributed by atoms with Crippen molar-refractivity contribution in [3.8, 4) is 0 Å². The van der Waals surface area contributed by atoms with Crippen molar-refractivity contribution in [1.29, 1.82) is 0 Å². The Morgan fingerprint density at radius 2 is 2.10 bits per heavy atom. The number of carbonyl (C=O) groups excluding carboxylic acids is 2. The van der Waals surface area contributed by atoms with Crippen LogP contribution in [0.4, 0.5) is 0 Å². The molecule has 2 fully saturated rings. The first kappa shape index (κ1) is 18.6. The molecule has 2 rings (SSSR count). The third kappa shape index (κ3) is 6.92. The van der Waals surface area contributed by atoms with E-state index in [-0.39, 0.29) is 17.9 Å². The molecule has 0 aromatic heterocycles. The highest BCUT2D eigenvalue weighted by molar-refractivity contribution is 14.1. The number of likely N-dealkylation sites (tertiary alicyclic amines) is 1. The van der Waals surface area contributed by atoms with Crippen LogP contribution < -0.4 is 16.4 Å². The van der Waals surface area contributed by atoms with Gasteiger partial charge in [-0.05, 0) is 32.4 Å². The summed E-state index contributed by atoms with van der Waals surface area (Å²) in [6, 6.07) is 0.452. The van der Waals surface area contributed by atoms with Crippen LogP contribution in [0, 0.1) is 0 Å². The first-order valence-electron chi connectivity index (χ1n) is 7.67. The number of halogens is 1. The minimum absolute atomic E-state index is 0.0229. The van der Waals surface area contributed by atoms with Crippen molar-refractivity contribution in [2.24, 2.45) is 5.73 Å². The van der Waals surface area contributed by atoms with Gasteiger partial charge in [0.15, 0.2) is 0 Å². The molecule has 122 valence electrons. The Hall–Kier alpha value is -0.410. The van der Waals surface area contributed by atoms with E-state index < -0.39 is 0 Å². The quantitative estimate of drug-likeness (QED) is 0.458. The number of nitrogens with one attached hydrogen (secondary N) is 2. The molecule has 2 heterocycles. The van der Waals surface area contributed by atoms with Crippen LogP contribution in [0.25, 0.3) is 0 Å². The fourth-order valence-corrected chi connectivity index (χ4v) is 3.21. The predicted octanol–water partition coefficient (Wildman–Crippen LogP) is 0.246. The van der Waals surface area contributed by atoms with Crippen molar-refractivity contribution in [2.75, 3.05) is 30.6 Å². The molecule has 0 radical (unpaired) electrons. The van der Waals surface area contributed by atoms with Crippen LogP contribution >= 0.6 is 22.6 Å². The maximum atomic E-state index is 11.0. The molecule has 2 amide bonds. The SMILES string of the molecule is CCC(C(N)=O)N1CCCCC1.O=C1CNC(CI)CN1. The number of amides is 2. The zero-order chi connectivity index (χ0) is 15.7. The summed E-state index contributed by atoms with van der Waals surface area (Å²) in [6.07, 6.45) is 4.56. The van der Waals surface area contributed by atoms with Crippen LogP contribution in [0.1, 0.15) is 32.6 Å². The van der Waals surface area contributed by atoms with E-state index in [1.54, 1.807) is 0 Å². The highest BCUT2D eigenvalue weighted by Gasteiger charge is 2.22. The van der Waals surface area contributed by atoms with Crippen LogP contribution in [-0.4, -0.2) is 59.4 Å². The van der Waals surface area contributed by atoms with Gasteiger partial charge in [-0.25, -0.2) is 0 Å². The Morgan fingerprint density at radius 3 is 2.52 bits per heavy atom. The van der Waals surface area contributed by atoms with E-state index in [0.29, 0.717) is 12.6 Å². The number of hydrogen-bond acceptors (Lipinski definition) is 4. The Morgan fingerprint density at radius 1 is 1.43 bits per heavy atom. The van der Waals surface area contributed by atoms with E-state index in [1.807, 2.05) is 6.92 Å². The lowest BCUT2D eigenvalue weighted by Gasteiger charge is -2.31. The van der Waals surface area contributed by atoms with Crippen molar-refractivity contribution in [3.63, 3.8) is 0 Å². The average Bonchev–Trinajstić information content (AvgIpc) is 2.50. The van der Waals surface area contributed by atoms with Gasteiger partial charge in [-0.3, -0.25) is 14.5 Å². The molecule has 6 nitrogen and oxygen atoms in total. The van der Waals surface area contributed by atoms with E-state index >= 15 is 0 Å². The van der Waals surface area contributed by atoms with Crippen LogP contribution in [0.3, 0.4) is 0 Å². The maximum absolute atomic E-state index is 11.0. The summed E-state index contributed by atoms with van der Waals surface area (Å²) in [6.45, 7) is 5.36. The first-order valence-corrected chi connectivity index (χ1v) is 9.20. The van der Waals surface area contributed by atoms with Crippen molar-refractivity contribution in [3.05, 3.63) is 0 Å². The fraction of sp³-hybridized carbons (Fsp3) is 0.857. The minimum Gasteiger partial charge on any atom is -0.368 e. The third-order valence-electron chi connectivity index (χ3n) is 3.83. The number of piperidine rings is 1. The lowest BCUT2D eigenvalue weighted by Crippen LogP contribution is -2.52. The molecular weight excluding hydrogens is 383 g/mol. The van der Waals surface area contributed by atoms with E-state index in [1.165, 1.54) is 19.3 Å². The van der Waals surface area contributed by atoms with Gasteiger partial charge in [0.2, 0.25) is 11.8 Å². The molecule has 2 aliphatic heterocycles. The largest absolute Gasteiger partial charge is 0.368 e. The van der Waals surface area contributed by atoms with E-state index in [9.17, 15) is 9.59 Å². The van der Waals surface area contributed by atoms with Gasteiger partial charge >= 0.3 is 0 Å². The second kappa shape index (κ2) is 10.3. The van der Waals surface area contributed by atoms with Crippen LogP contribution in [0.5, 0.6) is 0 Å². The topological polar surface area (TPSA) is 87.5 Å². The van der Waals surface area contributed by atoms with Crippen LogP contribution in [0.15, 0.2) is 0 Å². The summed E-state index contributed by atoms with van der Waals surface area (Å²) < 4.78 is 1.05. The molecule has 0 aromatic rings. The van der Waals surface area contributed by atoms with Crippen molar-refractivity contribution < 1.29 is 9.59 Å². The Labute approximate surface area is 140 Å². The van der Waals surface area contributed by atoms with E-state index in [2.05, 4.69) is 38.1 Å². The smallest absolute Gasteiger partial charge is 0.234 e. The number of rotatable bonds is 4. The average molecular weight is 410 g/mol. The zero-order valence-electron chi connectivity index (χ0n) is 12.7. The van der Waals surface area contributed by atoms with Gasteiger partial charge in [0.05, 0.1) is 12.6 Å². The Bertz CT molecular complexity index is 325. The van der Waals surface area contributed by atoms with Crippen LogP contribution in [-0.2, 0) is 9.59 Å². The summed E-state index contributed by atoms with van der Waals surface area (Å²) in [5.41, 5.74) is 5.30. The van der Waals surface area contributed by atoms with Crippen molar-refractivity contribution >= 4 is 34.4 Å². The third-order valence-corrected chi connectivity index (χ3v) is 4.89. The summed E-state index contributed by atoms with van der Waals surface area (Å²) in [5, 5.41) is 5.88. The van der Waals surface area contributed by atoms with Gasteiger partial charge in [0, 0.05) is 17.0 Å². The zero-order valence-corrected chi connectivity index (χ0v) is 14.9. The highest BCUT2D eigenvalue weighted by atomic mass is 127. The number of primary amides is 1. The molecule has 0 aromatic carbocycles. The lowest BCUT2D eigenvalue weighted by molar-refractivity contribution is -0.124. The molecule has 0 saturated carbocycles. The number of piperazine rings is 1. The molecule has 21 heavy (non-hydrogen) atoms. The number of hydrogen-bond donors (Lipinski definition) is 3. The molecular formula is C14H27IN4O2. The fourth-order valence-electron chi connectivity index (χ4n) is 2.59. The second-order valence-electron chi connectivity index (χ2n) is 5.46. The monoisotopic (exact) mass is 410 g/mol. The van der Waals surface area contributed by atoms with Crippen molar-refractivity contribution in [2.45, 2.75) is 44.7 Å². The van der Waals surface area contributed by atoms with E-state index in [4.69, 9.17) is 5.73 Å². The molecule has 0 aliphatic carbocycles. The van der Waals surface area contributed by atoms with Gasteiger partial charge in [0.25, 0.3) is 0 Å². The summed E-state index contributed by atoms with van der Waals surface area (Å²) in [7, 11) is 0. The summed E-state index contributed by atoms with van der Waals surface area (Å²) >= 11 is 2.30. The number of nitrogens with two attached hydrogens (primary N) is 1. The highest BCUT2D eigenvalue weighted by Crippen LogP contribution is 2.13.